The highest BCUT2D eigenvalue weighted by atomic mass is 15.6. The smallest absolute Gasteiger partial charge is 0.119 e. The molecule has 0 aromatic heterocycles. The molecule has 112 valence electrons. The monoisotopic (exact) mass is 267 g/mol. The zero-order valence-electron chi connectivity index (χ0n) is 13.7. The minimum absolute atomic E-state index is 0.167. The van der Waals surface area contributed by atoms with Gasteiger partial charge in [0.15, 0.2) is 0 Å². The summed E-state index contributed by atoms with van der Waals surface area (Å²) >= 11 is 0. The second-order valence-electron chi connectivity index (χ2n) is 6.66. The van der Waals surface area contributed by atoms with Gasteiger partial charge in [-0.05, 0) is 40.0 Å². The van der Waals surface area contributed by atoms with Crippen LogP contribution in [0.1, 0.15) is 79.6 Å². The standard InChI is InChI=1S/C16H33N3/c1-6-8-10-11-13-19-15(12-9-7-2)18(14-17-19)16(3,4)5/h14-15H,6-13H2,1-5H3. The molecule has 0 fully saturated rings. The van der Waals surface area contributed by atoms with Crippen molar-refractivity contribution in [2.45, 2.75) is 91.3 Å². The van der Waals surface area contributed by atoms with Crippen molar-refractivity contribution < 1.29 is 0 Å². The van der Waals surface area contributed by atoms with Crippen LogP contribution < -0.4 is 0 Å². The Kier molecular flexibility index (Phi) is 6.67. The zero-order valence-corrected chi connectivity index (χ0v) is 13.7. The summed E-state index contributed by atoms with van der Waals surface area (Å²) in [6.07, 6.45) is 11.6. The van der Waals surface area contributed by atoms with Crippen molar-refractivity contribution in [3.8, 4) is 0 Å². The van der Waals surface area contributed by atoms with E-state index in [0.29, 0.717) is 6.17 Å². The van der Waals surface area contributed by atoms with Crippen molar-refractivity contribution in [1.29, 1.82) is 0 Å². The van der Waals surface area contributed by atoms with Gasteiger partial charge < -0.3 is 4.90 Å². The van der Waals surface area contributed by atoms with Crippen LogP contribution in [0, 0.1) is 0 Å². The van der Waals surface area contributed by atoms with Crippen molar-refractivity contribution in [2.75, 3.05) is 6.54 Å². The molecule has 0 radical (unpaired) electrons. The molecule has 0 spiro atoms. The molecule has 0 aromatic rings. The normalized spacial score (nSPS) is 19.5. The first-order chi connectivity index (χ1) is 9.00. The Morgan fingerprint density at radius 3 is 2.26 bits per heavy atom. The minimum atomic E-state index is 0.167. The first kappa shape index (κ1) is 16.3. The summed E-state index contributed by atoms with van der Waals surface area (Å²) < 4.78 is 0. The van der Waals surface area contributed by atoms with Gasteiger partial charge in [-0.3, -0.25) is 5.01 Å². The van der Waals surface area contributed by atoms with Crippen LogP contribution in [-0.2, 0) is 0 Å². The molecule has 0 aromatic carbocycles. The van der Waals surface area contributed by atoms with E-state index in [0.717, 1.165) is 6.54 Å². The summed E-state index contributed by atoms with van der Waals surface area (Å²) in [6, 6.07) is 0. The second kappa shape index (κ2) is 7.76. The molecular weight excluding hydrogens is 234 g/mol. The number of unbranched alkanes of at least 4 members (excludes halogenated alkanes) is 4. The molecule has 0 aliphatic carbocycles. The van der Waals surface area contributed by atoms with Gasteiger partial charge in [-0.25, -0.2) is 0 Å². The molecule has 1 rings (SSSR count). The maximum absolute atomic E-state index is 4.65. The molecule has 1 aliphatic rings. The Hall–Kier alpha value is -0.730. The molecular formula is C16H33N3. The molecule has 0 saturated carbocycles. The van der Waals surface area contributed by atoms with Gasteiger partial charge in [0, 0.05) is 12.1 Å². The van der Waals surface area contributed by atoms with Gasteiger partial charge in [0.1, 0.15) is 12.5 Å². The fraction of sp³-hybridized carbons (Fsp3) is 0.938. The quantitative estimate of drug-likeness (QED) is 0.605. The van der Waals surface area contributed by atoms with Crippen LogP contribution >= 0.6 is 0 Å². The first-order valence-electron chi connectivity index (χ1n) is 8.10. The van der Waals surface area contributed by atoms with E-state index in [1.165, 1.54) is 44.9 Å². The molecule has 0 saturated heterocycles. The number of rotatable bonds is 8. The molecule has 3 heteroatoms. The van der Waals surface area contributed by atoms with Crippen LogP contribution in [0.2, 0.25) is 0 Å². The first-order valence-corrected chi connectivity index (χ1v) is 8.10. The van der Waals surface area contributed by atoms with Gasteiger partial charge in [0.25, 0.3) is 0 Å². The van der Waals surface area contributed by atoms with E-state index in [4.69, 9.17) is 0 Å². The third kappa shape index (κ3) is 5.04. The lowest BCUT2D eigenvalue weighted by atomic mass is 10.0. The maximum atomic E-state index is 4.65. The average molecular weight is 267 g/mol. The van der Waals surface area contributed by atoms with E-state index in [-0.39, 0.29) is 5.54 Å². The minimum Gasteiger partial charge on any atom is -0.335 e. The molecule has 19 heavy (non-hydrogen) atoms. The van der Waals surface area contributed by atoms with Gasteiger partial charge in [-0.1, -0.05) is 39.5 Å². The Morgan fingerprint density at radius 2 is 1.68 bits per heavy atom. The number of hydrogen-bond acceptors (Lipinski definition) is 3. The van der Waals surface area contributed by atoms with E-state index < -0.39 is 0 Å². The SMILES string of the molecule is CCCCCCN1N=CN(C(C)(C)C)C1CCCC. The summed E-state index contributed by atoms with van der Waals surface area (Å²) in [5.41, 5.74) is 0.167. The van der Waals surface area contributed by atoms with Crippen molar-refractivity contribution in [3.63, 3.8) is 0 Å². The van der Waals surface area contributed by atoms with Crippen molar-refractivity contribution in [2.24, 2.45) is 5.10 Å². The van der Waals surface area contributed by atoms with Gasteiger partial charge in [0.05, 0.1) is 0 Å². The lowest BCUT2D eigenvalue weighted by molar-refractivity contribution is 0.0661. The highest BCUT2D eigenvalue weighted by Gasteiger charge is 2.33. The summed E-state index contributed by atoms with van der Waals surface area (Å²) in [7, 11) is 0. The van der Waals surface area contributed by atoms with Crippen LogP contribution in [0.5, 0.6) is 0 Å². The second-order valence-corrected chi connectivity index (χ2v) is 6.66. The van der Waals surface area contributed by atoms with Crippen molar-refractivity contribution in [3.05, 3.63) is 0 Å². The molecule has 1 aliphatic heterocycles. The average Bonchev–Trinajstić information content (AvgIpc) is 2.75. The third-order valence-corrected chi connectivity index (χ3v) is 3.82. The zero-order chi connectivity index (χ0) is 14.3. The van der Waals surface area contributed by atoms with E-state index >= 15 is 0 Å². The van der Waals surface area contributed by atoms with Crippen LogP contribution in [0.3, 0.4) is 0 Å². The third-order valence-electron chi connectivity index (χ3n) is 3.82. The van der Waals surface area contributed by atoms with Crippen LogP contribution in [0.15, 0.2) is 5.10 Å². The predicted octanol–water partition coefficient (Wildman–Crippen LogP) is 4.44. The molecule has 0 amide bonds. The largest absolute Gasteiger partial charge is 0.335 e. The van der Waals surface area contributed by atoms with E-state index in [1.54, 1.807) is 0 Å². The van der Waals surface area contributed by atoms with Crippen molar-refractivity contribution in [1.82, 2.24) is 9.91 Å². The molecule has 3 nitrogen and oxygen atoms in total. The Balaban J connectivity index is 2.52. The summed E-state index contributed by atoms with van der Waals surface area (Å²) in [4.78, 5) is 2.43. The van der Waals surface area contributed by atoms with E-state index in [2.05, 4.69) is 56.0 Å². The van der Waals surface area contributed by atoms with Crippen LogP contribution in [0.25, 0.3) is 0 Å². The van der Waals surface area contributed by atoms with E-state index in [1.807, 2.05) is 0 Å². The Morgan fingerprint density at radius 1 is 1.00 bits per heavy atom. The highest BCUT2D eigenvalue weighted by Crippen LogP contribution is 2.26. The van der Waals surface area contributed by atoms with E-state index in [9.17, 15) is 0 Å². The number of nitrogens with zero attached hydrogens (tertiary/aromatic N) is 3. The molecule has 0 bridgehead atoms. The Bertz CT molecular complexity index is 268. The highest BCUT2D eigenvalue weighted by molar-refractivity contribution is 5.58. The van der Waals surface area contributed by atoms with Crippen LogP contribution in [-0.4, -0.2) is 34.5 Å². The maximum Gasteiger partial charge on any atom is 0.119 e. The van der Waals surface area contributed by atoms with Crippen molar-refractivity contribution >= 4 is 6.34 Å². The lowest BCUT2D eigenvalue weighted by Gasteiger charge is -2.39. The fourth-order valence-corrected chi connectivity index (χ4v) is 2.62. The van der Waals surface area contributed by atoms with Gasteiger partial charge >= 0.3 is 0 Å². The van der Waals surface area contributed by atoms with Gasteiger partial charge in [0.2, 0.25) is 0 Å². The molecule has 1 heterocycles. The number of hydrogen-bond donors (Lipinski definition) is 0. The Labute approximate surface area is 120 Å². The van der Waals surface area contributed by atoms with Crippen LogP contribution in [0.4, 0.5) is 0 Å². The molecule has 1 unspecified atom stereocenters. The van der Waals surface area contributed by atoms with Gasteiger partial charge in [-0.2, -0.15) is 5.10 Å². The van der Waals surface area contributed by atoms with Gasteiger partial charge in [-0.15, -0.1) is 0 Å². The molecule has 0 N–H and O–H groups in total. The summed E-state index contributed by atoms with van der Waals surface area (Å²) in [5, 5.41) is 6.97. The predicted molar refractivity (Wildman–Crippen MR) is 84.2 cm³/mol. The lowest BCUT2D eigenvalue weighted by Crippen LogP contribution is -2.49. The fourth-order valence-electron chi connectivity index (χ4n) is 2.62. The summed E-state index contributed by atoms with van der Waals surface area (Å²) in [5.74, 6) is 0. The summed E-state index contributed by atoms with van der Waals surface area (Å²) in [6.45, 7) is 12.5. The topological polar surface area (TPSA) is 18.8 Å². The molecule has 1 atom stereocenters. The number of hydrazone groups is 1.